The van der Waals surface area contributed by atoms with Crippen molar-refractivity contribution in [2.24, 2.45) is 0 Å². The predicted molar refractivity (Wildman–Crippen MR) is 67.7 cm³/mol. The molecule has 1 unspecified atom stereocenters. The summed E-state index contributed by atoms with van der Waals surface area (Å²) in [6, 6.07) is 6.64. The van der Waals surface area contributed by atoms with Crippen LogP contribution < -0.4 is 0 Å². The Balaban J connectivity index is 2.69. The first-order chi connectivity index (χ1) is 7.50. The second-order valence-corrected chi connectivity index (χ2v) is 4.77. The van der Waals surface area contributed by atoms with Crippen LogP contribution in [0.4, 0.5) is 0 Å². The van der Waals surface area contributed by atoms with Gasteiger partial charge in [-0.15, -0.1) is 0 Å². The van der Waals surface area contributed by atoms with Crippen molar-refractivity contribution in [2.45, 2.75) is 39.8 Å². The maximum atomic E-state index is 9.61. The van der Waals surface area contributed by atoms with Gasteiger partial charge in [-0.3, -0.25) is 0 Å². The van der Waals surface area contributed by atoms with Crippen LogP contribution in [0, 0.1) is 6.92 Å². The maximum absolute atomic E-state index is 9.61. The van der Waals surface area contributed by atoms with E-state index in [1.54, 1.807) is 6.92 Å². The van der Waals surface area contributed by atoms with Gasteiger partial charge in [0.05, 0.1) is 6.10 Å². The van der Waals surface area contributed by atoms with Crippen LogP contribution in [-0.4, -0.2) is 9.67 Å². The molecule has 1 aromatic heterocycles. The molecule has 16 heavy (non-hydrogen) atoms. The molecular formula is C14H19NO. The molecular weight excluding hydrogens is 198 g/mol. The number of fused-ring (bicyclic) bond motifs is 1. The Morgan fingerprint density at radius 3 is 2.44 bits per heavy atom. The Hall–Kier alpha value is -1.28. The summed E-state index contributed by atoms with van der Waals surface area (Å²) in [6.45, 7) is 8.28. The number of aliphatic hydroxyl groups excluding tert-OH is 1. The number of nitrogens with zero attached hydrogens (tertiary/aromatic N) is 1. The lowest BCUT2D eigenvalue weighted by Gasteiger charge is -2.11. The lowest BCUT2D eigenvalue weighted by molar-refractivity contribution is 0.199. The van der Waals surface area contributed by atoms with Crippen LogP contribution in [0.5, 0.6) is 0 Å². The summed E-state index contributed by atoms with van der Waals surface area (Å²) in [5.41, 5.74) is 3.49. The molecule has 1 N–H and O–H groups in total. The van der Waals surface area contributed by atoms with E-state index in [-0.39, 0.29) is 0 Å². The third-order valence-corrected chi connectivity index (χ3v) is 3.10. The van der Waals surface area contributed by atoms with Gasteiger partial charge < -0.3 is 9.67 Å². The lowest BCUT2D eigenvalue weighted by Crippen LogP contribution is -1.99. The molecule has 0 amide bonds. The van der Waals surface area contributed by atoms with Gasteiger partial charge in [0.2, 0.25) is 0 Å². The van der Waals surface area contributed by atoms with Crippen molar-refractivity contribution >= 4 is 10.9 Å². The number of rotatable bonds is 2. The van der Waals surface area contributed by atoms with Gasteiger partial charge in [0.15, 0.2) is 0 Å². The van der Waals surface area contributed by atoms with Crippen molar-refractivity contribution in [3.8, 4) is 0 Å². The van der Waals surface area contributed by atoms with E-state index < -0.39 is 6.10 Å². The SMILES string of the molecule is Cc1cn(C(C)C)c2cc(C(C)O)ccc12. The normalized spacial score (nSPS) is 13.6. The molecule has 0 spiro atoms. The molecule has 0 fully saturated rings. The van der Waals surface area contributed by atoms with Gasteiger partial charge in [-0.1, -0.05) is 12.1 Å². The lowest BCUT2D eigenvalue weighted by atomic mass is 10.1. The van der Waals surface area contributed by atoms with Crippen molar-refractivity contribution in [3.63, 3.8) is 0 Å². The summed E-state index contributed by atoms with van der Waals surface area (Å²) in [5, 5.41) is 10.9. The van der Waals surface area contributed by atoms with Crippen LogP contribution in [0.2, 0.25) is 0 Å². The minimum Gasteiger partial charge on any atom is -0.389 e. The number of benzene rings is 1. The van der Waals surface area contributed by atoms with E-state index in [0.29, 0.717) is 6.04 Å². The van der Waals surface area contributed by atoms with E-state index >= 15 is 0 Å². The van der Waals surface area contributed by atoms with E-state index in [0.717, 1.165) is 5.56 Å². The van der Waals surface area contributed by atoms with Crippen molar-refractivity contribution in [2.75, 3.05) is 0 Å². The molecule has 2 nitrogen and oxygen atoms in total. The van der Waals surface area contributed by atoms with Gasteiger partial charge in [-0.25, -0.2) is 0 Å². The van der Waals surface area contributed by atoms with E-state index in [1.807, 2.05) is 6.07 Å². The molecule has 0 bridgehead atoms. The smallest absolute Gasteiger partial charge is 0.0762 e. The Bertz CT molecular complexity index is 509. The van der Waals surface area contributed by atoms with E-state index in [1.165, 1.54) is 16.5 Å². The highest BCUT2D eigenvalue weighted by atomic mass is 16.3. The van der Waals surface area contributed by atoms with Crippen LogP contribution in [0.1, 0.15) is 44.0 Å². The molecule has 86 valence electrons. The summed E-state index contributed by atoms with van der Waals surface area (Å²) in [5.74, 6) is 0. The molecule has 0 aliphatic rings. The van der Waals surface area contributed by atoms with Crippen LogP contribution in [-0.2, 0) is 0 Å². The number of aromatic nitrogens is 1. The third kappa shape index (κ3) is 1.74. The highest BCUT2D eigenvalue weighted by molar-refractivity contribution is 5.84. The Morgan fingerprint density at radius 1 is 1.19 bits per heavy atom. The van der Waals surface area contributed by atoms with Crippen LogP contribution in [0.15, 0.2) is 24.4 Å². The number of aliphatic hydroxyl groups is 1. The average molecular weight is 217 g/mol. The molecule has 0 aliphatic carbocycles. The Kier molecular flexibility index (Phi) is 2.76. The fraction of sp³-hybridized carbons (Fsp3) is 0.429. The molecule has 1 aromatic carbocycles. The van der Waals surface area contributed by atoms with Gasteiger partial charge in [0, 0.05) is 23.1 Å². The second-order valence-electron chi connectivity index (χ2n) is 4.77. The van der Waals surface area contributed by atoms with Gasteiger partial charge >= 0.3 is 0 Å². The monoisotopic (exact) mass is 217 g/mol. The standard InChI is InChI=1S/C14H19NO/c1-9(2)15-8-10(3)13-6-5-12(11(4)16)7-14(13)15/h5-9,11,16H,1-4H3. The van der Waals surface area contributed by atoms with E-state index in [2.05, 4.69) is 43.7 Å². The summed E-state index contributed by atoms with van der Waals surface area (Å²) in [7, 11) is 0. The summed E-state index contributed by atoms with van der Waals surface area (Å²) < 4.78 is 2.26. The van der Waals surface area contributed by atoms with Gasteiger partial charge in [0.25, 0.3) is 0 Å². The quantitative estimate of drug-likeness (QED) is 0.817. The minimum absolute atomic E-state index is 0.403. The summed E-state index contributed by atoms with van der Waals surface area (Å²) in [6.07, 6.45) is 1.78. The first-order valence-electron chi connectivity index (χ1n) is 5.80. The third-order valence-electron chi connectivity index (χ3n) is 3.10. The fourth-order valence-corrected chi connectivity index (χ4v) is 2.13. The first kappa shape index (κ1) is 11.2. The van der Waals surface area contributed by atoms with Crippen LogP contribution in [0.25, 0.3) is 10.9 Å². The van der Waals surface area contributed by atoms with Crippen LogP contribution >= 0.6 is 0 Å². The van der Waals surface area contributed by atoms with Gasteiger partial charge in [0.1, 0.15) is 0 Å². The molecule has 2 heteroatoms. The first-order valence-corrected chi connectivity index (χ1v) is 5.80. The number of hydrogen-bond donors (Lipinski definition) is 1. The number of aryl methyl sites for hydroxylation is 1. The predicted octanol–water partition coefficient (Wildman–Crippen LogP) is 3.58. The van der Waals surface area contributed by atoms with E-state index in [9.17, 15) is 5.11 Å². The molecule has 1 heterocycles. The highest BCUT2D eigenvalue weighted by Gasteiger charge is 2.10. The molecule has 0 saturated carbocycles. The Morgan fingerprint density at radius 2 is 1.88 bits per heavy atom. The van der Waals surface area contributed by atoms with E-state index in [4.69, 9.17) is 0 Å². The highest BCUT2D eigenvalue weighted by Crippen LogP contribution is 2.27. The topological polar surface area (TPSA) is 25.2 Å². The minimum atomic E-state index is -0.403. The maximum Gasteiger partial charge on any atom is 0.0762 e. The van der Waals surface area contributed by atoms with Crippen molar-refractivity contribution in [3.05, 3.63) is 35.5 Å². The zero-order valence-electron chi connectivity index (χ0n) is 10.4. The molecule has 0 aliphatic heterocycles. The Labute approximate surface area is 96.5 Å². The van der Waals surface area contributed by atoms with Crippen molar-refractivity contribution in [1.29, 1.82) is 0 Å². The molecule has 0 radical (unpaired) electrons. The fourth-order valence-electron chi connectivity index (χ4n) is 2.13. The summed E-state index contributed by atoms with van der Waals surface area (Å²) in [4.78, 5) is 0. The van der Waals surface area contributed by atoms with Crippen molar-refractivity contribution in [1.82, 2.24) is 4.57 Å². The summed E-state index contributed by atoms with van der Waals surface area (Å²) >= 11 is 0. The second kappa shape index (κ2) is 3.95. The molecule has 2 aromatic rings. The van der Waals surface area contributed by atoms with Crippen molar-refractivity contribution < 1.29 is 5.11 Å². The average Bonchev–Trinajstić information content (AvgIpc) is 2.56. The van der Waals surface area contributed by atoms with Crippen LogP contribution in [0.3, 0.4) is 0 Å². The molecule has 1 atom stereocenters. The number of hydrogen-bond acceptors (Lipinski definition) is 1. The van der Waals surface area contributed by atoms with Gasteiger partial charge in [-0.2, -0.15) is 0 Å². The zero-order chi connectivity index (χ0) is 11.9. The van der Waals surface area contributed by atoms with Gasteiger partial charge in [-0.05, 0) is 44.9 Å². The largest absolute Gasteiger partial charge is 0.389 e. The zero-order valence-corrected chi connectivity index (χ0v) is 10.4. The molecule has 0 saturated heterocycles. The molecule has 2 rings (SSSR count).